The van der Waals surface area contributed by atoms with Crippen LogP contribution >= 0.6 is 11.6 Å². The summed E-state index contributed by atoms with van der Waals surface area (Å²) in [5, 5.41) is 17.0. The number of pyridine rings is 1. The van der Waals surface area contributed by atoms with Gasteiger partial charge in [-0.25, -0.2) is 13.2 Å². The molecule has 0 radical (unpaired) electrons. The third-order valence-corrected chi connectivity index (χ3v) is 11.5. The second kappa shape index (κ2) is 13.5. The summed E-state index contributed by atoms with van der Waals surface area (Å²) < 4.78 is 56.1. The molecule has 9 rings (SSSR count). The smallest absolute Gasteiger partial charge is 0.319 e. The van der Waals surface area contributed by atoms with Crippen molar-refractivity contribution in [3.63, 3.8) is 0 Å². The molecule has 3 aliphatic heterocycles. The molecule has 3 aromatic heterocycles. The van der Waals surface area contributed by atoms with Crippen molar-refractivity contribution in [2.24, 2.45) is 5.92 Å². The number of halogens is 4. The summed E-state index contributed by atoms with van der Waals surface area (Å²) in [7, 11) is 1.87. The second-order valence-corrected chi connectivity index (χ2v) is 15.2. The van der Waals surface area contributed by atoms with Gasteiger partial charge in [0.15, 0.2) is 11.6 Å². The number of benzene rings is 2. The van der Waals surface area contributed by atoms with Gasteiger partial charge in [-0.05, 0) is 43.3 Å². The number of ether oxygens (including phenoxy) is 1. The Morgan fingerprint density at radius 1 is 1.15 bits per heavy atom. The number of anilines is 1. The minimum atomic E-state index is -0.923. The van der Waals surface area contributed by atoms with Gasteiger partial charge in [0, 0.05) is 73.8 Å². The fourth-order valence-corrected chi connectivity index (χ4v) is 8.59. The Kier molecular flexibility index (Phi) is 8.75. The number of nitrogens with zero attached hydrogens (tertiary/aromatic N) is 8. The van der Waals surface area contributed by atoms with Crippen LogP contribution < -0.4 is 9.64 Å². The number of aliphatic hydroxyl groups excluding tert-OH is 1. The SMILES string of the molecule is CN(CC1CN(C(O)/C=C/c2nc([C@H]3C[C@@H]3F)no2)C1)c1nc(OC[C@@]23CCCN2C[C@H](F)C3)nc2c(F)c(-c3cccc4cccc(Cl)c34)ncc12. The van der Waals surface area contributed by atoms with Crippen LogP contribution in [0.15, 0.2) is 53.2 Å². The first-order chi connectivity index (χ1) is 25.7. The van der Waals surface area contributed by atoms with E-state index in [1.807, 2.05) is 41.1 Å². The van der Waals surface area contributed by atoms with E-state index < -0.39 is 29.9 Å². The van der Waals surface area contributed by atoms with Gasteiger partial charge in [-0.3, -0.25) is 14.8 Å². The molecular weight excluding hydrogens is 709 g/mol. The molecule has 0 bridgehead atoms. The standard InChI is InChI=1S/C38H38ClF3N8O3/c1-48(16-21-17-49(18-21)30(51)10-9-29-44-35(47-53-29)25-13-28(25)41)36-26-15-43-33(24-7-2-5-22-6-3-8-27(39)31(22)24)32(42)34(26)45-37(46-36)52-20-38-11-4-12-50(38)19-23(40)14-38/h2-3,5-10,15,21,23,25,28,30,51H,4,11-14,16-20H2,1H3/b10-9+/t23-,25+,28+,30?,38+/m1/s1. The van der Waals surface area contributed by atoms with E-state index in [1.54, 1.807) is 24.4 Å². The topological polar surface area (TPSA) is 117 Å². The van der Waals surface area contributed by atoms with Crippen molar-refractivity contribution in [1.29, 1.82) is 0 Å². The molecule has 5 atom stereocenters. The highest BCUT2D eigenvalue weighted by Gasteiger charge is 2.49. The zero-order valence-electron chi connectivity index (χ0n) is 29.0. The van der Waals surface area contributed by atoms with Crippen molar-refractivity contribution >= 4 is 45.2 Å². The van der Waals surface area contributed by atoms with Crippen LogP contribution in [-0.2, 0) is 0 Å². The van der Waals surface area contributed by atoms with E-state index >= 15 is 4.39 Å². The van der Waals surface area contributed by atoms with Crippen LogP contribution in [0.1, 0.15) is 43.3 Å². The molecule has 0 spiro atoms. The van der Waals surface area contributed by atoms with Gasteiger partial charge in [0.1, 0.15) is 42.2 Å². The highest BCUT2D eigenvalue weighted by Crippen LogP contribution is 2.43. The lowest BCUT2D eigenvalue weighted by molar-refractivity contribution is -0.0327. The summed E-state index contributed by atoms with van der Waals surface area (Å²) in [4.78, 5) is 24.1. The molecule has 1 saturated carbocycles. The average Bonchev–Trinajstić information content (AvgIpc) is 3.40. The van der Waals surface area contributed by atoms with Crippen molar-refractivity contribution < 1.29 is 27.5 Å². The molecule has 6 heterocycles. The number of hydrogen-bond donors (Lipinski definition) is 1. The third kappa shape index (κ3) is 6.38. The third-order valence-electron chi connectivity index (χ3n) is 11.1. The Labute approximate surface area is 308 Å². The summed E-state index contributed by atoms with van der Waals surface area (Å²) in [6.45, 7) is 3.12. The van der Waals surface area contributed by atoms with Crippen LogP contribution in [0.3, 0.4) is 0 Å². The summed E-state index contributed by atoms with van der Waals surface area (Å²) in [5.74, 6) is 0.244. The number of likely N-dealkylation sites (tertiary alicyclic amines) is 1. The van der Waals surface area contributed by atoms with Gasteiger partial charge < -0.3 is 19.3 Å². The number of fused-ring (bicyclic) bond motifs is 3. The van der Waals surface area contributed by atoms with E-state index in [4.69, 9.17) is 25.8 Å². The highest BCUT2D eigenvalue weighted by molar-refractivity contribution is 6.36. The van der Waals surface area contributed by atoms with Crippen molar-refractivity contribution in [2.75, 3.05) is 51.3 Å². The maximum Gasteiger partial charge on any atom is 0.319 e. The molecule has 11 nitrogen and oxygen atoms in total. The number of aliphatic hydroxyl groups is 1. The normalized spacial score (nSPS) is 25.4. The van der Waals surface area contributed by atoms with Crippen LogP contribution in [0.5, 0.6) is 6.01 Å². The van der Waals surface area contributed by atoms with E-state index in [9.17, 15) is 13.9 Å². The number of aromatic nitrogens is 5. The predicted molar refractivity (Wildman–Crippen MR) is 194 cm³/mol. The average molecular weight is 747 g/mol. The maximum absolute atomic E-state index is 16.8. The summed E-state index contributed by atoms with van der Waals surface area (Å²) >= 11 is 6.62. The van der Waals surface area contributed by atoms with Gasteiger partial charge in [0.05, 0.1) is 16.8 Å². The van der Waals surface area contributed by atoms with Gasteiger partial charge in [-0.1, -0.05) is 47.1 Å². The van der Waals surface area contributed by atoms with Crippen molar-refractivity contribution in [3.05, 3.63) is 71.2 Å². The van der Waals surface area contributed by atoms with Crippen LogP contribution in [0.2, 0.25) is 5.02 Å². The fraction of sp³-hybridized carbons (Fsp3) is 0.447. The fourth-order valence-electron chi connectivity index (χ4n) is 8.31. The zero-order valence-corrected chi connectivity index (χ0v) is 29.8. The molecule has 4 aliphatic rings. The Bertz CT molecular complexity index is 2210. The lowest BCUT2D eigenvalue weighted by atomic mass is 9.95. The van der Waals surface area contributed by atoms with E-state index in [0.29, 0.717) is 72.0 Å². The van der Waals surface area contributed by atoms with Crippen LogP contribution in [0, 0.1) is 11.7 Å². The lowest BCUT2D eigenvalue weighted by Crippen LogP contribution is -2.54. The maximum atomic E-state index is 16.8. The first-order valence-corrected chi connectivity index (χ1v) is 18.4. The van der Waals surface area contributed by atoms with Gasteiger partial charge in [-0.2, -0.15) is 15.0 Å². The molecule has 1 N–H and O–H groups in total. The largest absolute Gasteiger partial charge is 0.461 e. The Balaban J connectivity index is 0.972. The molecule has 276 valence electrons. The Morgan fingerprint density at radius 3 is 2.77 bits per heavy atom. The summed E-state index contributed by atoms with van der Waals surface area (Å²) in [6.07, 6.45) is 4.52. The molecule has 15 heteroatoms. The van der Waals surface area contributed by atoms with Crippen LogP contribution in [0.25, 0.3) is 39.0 Å². The van der Waals surface area contributed by atoms with E-state index in [0.717, 1.165) is 24.8 Å². The van der Waals surface area contributed by atoms with E-state index in [1.165, 1.54) is 6.08 Å². The van der Waals surface area contributed by atoms with Gasteiger partial charge in [0.2, 0.25) is 5.89 Å². The molecule has 3 saturated heterocycles. The minimum Gasteiger partial charge on any atom is -0.461 e. The monoisotopic (exact) mass is 746 g/mol. The number of alkyl halides is 2. The van der Waals surface area contributed by atoms with Gasteiger partial charge in [0.25, 0.3) is 0 Å². The molecule has 1 unspecified atom stereocenters. The van der Waals surface area contributed by atoms with Crippen molar-refractivity contribution in [2.45, 2.75) is 55.7 Å². The van der Waals surface area contributed by atoms with Gasteiger partial charge in [-0.15, -0.1) is 0 Å². The minimum absolute atomic E-state index is 0.0126. The molecule has 1 aliphatic carbocycles. The lowest BCUT2D eigenvalue weighted by Gasteiger charge is -2.43. The molecule has 53 heavy (non-hydrogen) atoms. The Hall–Kier alpha value is -4.37. The van der Waals surface area contributed by atoms with E-state index in [-0.39, 0.29) is 41.6 Å². The zero-order chi connectivity index (χ0) is 36.4. The highest BCUT2D eigenvalue weighted by atomic mass is 35.5. The molecule has 2 aromatic carbocycles. The second-order valence-electron chi connectivity index (χ2n) is 14.8. The van der Waals surface area contributed by atoms with Crippen molar-refractivity contribution in [1.82, 2.24) is 34.9 Å². The predicted octanol–water partition coefficient (Wildman–Crippen LogP) is 6.20. The van der Waals surface area contributed by atoms with Crippen molar-refractivity contribution in [3.8, 4) is 17.3 Å². The first kappa shape index (κ1) is 34.4. The first-order valence-electron chi connectivity index (χ1n) is 18.0. The number of hydrogen-bond acceptors (Lipinski definition) is 11. The molecular formula is C38H38ClF3N8O3. The summed E-state index contributed by atoms with van der Waals surface area (Å²) in [5.41, 5.74) is 0.280. The quantitative estimate of drug-likeness (QED) is 0.167. The van der Waals surface area contributed by atoms with E-state index in [2.05, 4.69) is 25.0 Å². The molecule has 0 amide bonds. The summed E-state index contributed by atoms with van der Waals surface area (Å²) in [6, 6.07) is 11.1. The van der Waals surface area contributed by atoms with Crippen LogP contribution in [-0.4, -0.2) is 110 Å². The van der Waals surface area contributed by atoms with Crippen LogP contribution in [0.4, 0.5) is 19.0 Å². The molecule has 5 aromatic rings. The Morgan fingerprint density at radius 2 is 1.96 bits per heavy atom. The number of rotatable bonds is 11. The molecule has 4 fully saturated rings. The van der Waals surface area contributed by atoms with Gasteiger partial charge >= 0.3 is 6.01 Å².